The number of piperidine rings is 1. The van der Waals surface area contributed by atoms with E-state index in [2.05, 4.69) is 25.5 Å². The van der Waals surface area contributed by atoms with Crippen LogP contribution in [0.15, 0.2) is 36.7 Å². The van der Waals surface area contributed by atoms with Crippen molar-refractivity contribution in [2.75, 3.05) is 26.0 Å². The van der Waals surface area contributed by atoms with Crippen LogP contribution < -0.4 is 15.4 Å². The Bertz CT molecular complexity index is 1140. The summed E-state index contributed by atoms with van der Waals surface area (Å²) in [7, 11) is 3.57. The molecule has 32 heavy (non-hydrogen) atoms. The number of rotatable bonds is 6. The van der Waals surface area contributed by atoms with Crippen molar-refractivity contribution >= 4 is 39.9 Å². The number of hydrogen-bond acceptors (Lipinski definition) is 6. The van der Waals surface area contributed by atoms with Crippen molar-refractivity contribution in [3.05, 3.63) is 53.1 Å². The summed E-state index contributed by atoms with van der Waals surface area (Å²) >= 11 is 5.90. The van der Waals surface area contributed by atoms with Crippen molar-refractivity contribution in [1.29, 1.82) is 0 Å². The monoisotopic (exact) mass is 457 g/mol. The van der Waals surface area contributed by atoms with Gasteiger partial charge in [0.15, 0.2) is 0 Å². The number of hydrogen-bond donors (Lipinski definition) is 2. The first kappa shape index (κ1) is 22.2. The summed E-state index contributed by atoms with van der Waals surface area (Å²) in [5.74, 6) is 0.693. The molecule has 0 saturated carbocycles. The normalized spacial score (nSPS) is 16.7. The molecule has 1 aliphatic heterocycles. The fourth-order valence-corrected chi connectivity index (χ4v) is 4.15. The number of benzene rings is 2. The van der Waals surface area contributed by atoms with E-state index < -0.39 is 5.82 Å². The predicted molar refractivity (Wildman–Crippen MR) is 123 cm³/mol. The first-order valence-corrected chi connectivity index (χ1v) is 10.9. The van der Waals surface area contributed by atoms with Crippen LogP contribution in [-0.2, 0) is 11.3 Å². The number of anilines is 2. The van der Waals surface area contributed by atoms with Crippen LogP contribution in [0.4, 0.5) is 15.9 Å². The number of carbonyl (C=O) groups excluding carboxylic acids is 1. The van der Waals surface area contributed by atoms with Gasteiger partial charge in [-0.2, -0.15) is 0 Å². The molecule has 1 atom stereocenters. The number of likely N-dealkylation sites (N-methyl/N-ethyl adjacent to an activating group) is 1. The van der Waals surface area contributed by atoms with Gasteiger partial charge in [-0.1, -0.05) is 18.0 Å². The Morgan fingerprint density at radius 3 is 2.88 bits per heavy atom. The summed E-state index contributed by atoms with van der Waals surface area (Å²) in [6.07, 6.45) is 4.48. The van der Waals surface area contributed by atoms with Crippen molar-refractivity contribution in [3.8, 4) is 5.75 Å². The third-order valence-electron chi connectivity index (χ3n) is 5.75. The number of fused-ring (bicyclic) bond motifs is 1. The van der Waals surface area contributed by atoms with E-state index >= 15 is 0 Å². The molecule has 0 radical (unpaired) electrons. The first-order chi connectivity index (χ1) is 15.5. The molecule has 0 unspecified atom stereocenters. The van der Waals surface area contributed by atoms with Crippen molar-refractivity contribution in [2.45, 2.75) is 31.8 Å². The van der Waals surface area contributed by atoms with Gasteiger partial charge >= 0.3 is 0 Å². The second-order valence-corrected chi connectivity index (χ2v) is 8.27. The molecule has 2 N–H and O–H groups in total. The molecule has 2 aromatic carbocycles. The molecule has 1 aromatic heterocycles. The summed E-state index contributed by atoms with van der Waals surface area (Å²) in [4.78, 5) is 23.5. The zero-order valence-corrected chi connectivity index (χ0v) is 18.7. The van der Waals surface area contributed by atoms with E-state index in [4.69, 9.17) is 16.3 Å². The van der Waals surface area contributed by atoms with Crippen LogP contribution in [0.25, 0.3) is 10.9 Å². The maximum Gasteiger partial charge on any atom is 0.237 e. The molecule has 4 rings (SSSR count). The van der Waals surface area contributed by atoms with E-state index in [-0.39, 0.29) is 17.0 Å². The Kier molecular flexibility index (Phi) is 6.72. The van der Waals surface area contributed by atoms with Crippen LogP contribution in [0.3, 0.4) is 0 Å². The van der Waals surface area contributed by atoms with E-state index in [1.807, 2.05) is 19.2 Å². The second-order valence-electron chi connectivity index (χ2n) is 7.87. The molecule has 3 aromatic rings. The maximum atomic E-state index is 13.5. The lowest BCUT2D eigenvalue weighted by atomic mass is 10.0. The highest BCUT2D eigenvalue weighted by atomic mass is 35.5. The molecule has 1 fully saturated rings. The van der Waals surface area contributed by atoms with Gasteiger partial charge in [0.25, 0.3) is 0 Å². The molecule has 7 nitrogen and oxygen atoms in total. The fourth-order valence-electron chi connectivity index (χ4n) is 3.97. The number of methoxy groups -OCH3 is 1. The third-order valence-corrected chi connectivity index (χ3v) is 6.04. The Labute approximate surface area is 190 Å². The van der Waals surface area contributed by atoms with Gasteiger partial charge in [0, 0.05) is 29.2 Å². The average molecular weight is 458 g/mol. The number of nitrogens with zero attached hydrogens (tertiary/aromatic N) is 3. The van der Waals surface area contributed by atoms with Crippen molar-refractivity contribution < 1.29 is 13.9 Å². The average Bonchev–Trinajstić information content (AvgIpc) is 2.80. The zero-order valence-electron chi connectivity index (χ0n) is 18.0. The van der Waals surface area contributed by atoms with Gasteiger partial charge < -0.3 is 15.4 Å². The van der Waals surface area contributed by atoms with Crippen LogP contribution in [-0.4, -0.2) is 47.5 Å². The minimum absolute atomic E-state index is 0.0120. The van der Waals surface area contributed by atoms with Crippen LogP contribution in [0.2, 0.25) is 5.02 Å². The lowest BCUT2D eigenvalue weighted by Gasteiger charge is -2.31. The smallest absolute Gasteiger partial charge is 0.237 e. The summed E-state index contributed by atoms with van der Waals surface area (Å²) in [5, 5.41) is 6.97. The van der Waals surface area contributed by atoms with E-state index in [0.717, 1.165) is 36.8 Å². The van der Waals surface area contributed by atoms with Crippen LogP contribution in [0.1, 0.15) is 24.8 Å². The number of carbonyl (C=O) groups is 1. The zero-order chi connectivity index (χ0) is 22.7. The number of aromatic nitrogens is 2. The topological polar surface area (TPSA) is 79.4 Å². The van der Waals surface area contributed by atoms with Gasteiger partial charge in [0.05, 0.1) is 23.7 Å². The van der Waals surface area contributed by atoms with E-state index in [9.17, 15) is 9.18 Å². The standard InChI is InChI=1S/C23H25ClFN5O2/c1-30-8-4-3-5-20(30)23(31)26-12-14-9-16-19(11-21(14)32-2)27-13-28-22(16)29-15-6-7-18(25)17(24)10-15/h6-7,9-11,13,20H,3-5,8,12H2,1-2H3,(H,26,31)(H,27,28,29)/t20-/m1/s1. The second kappa shape index (κ2) is 9.67. The van der Waals surface area contributed by atoms with E-state index in [1.165, 1.54) is 18.5 Å². The van der Waals surface area contributed by atoms with Gasteiger partial charge in [-0.25, -0.2) is 14.4 Å². The molecule has 0 spiro atoms. The summed E-state index contributed by atoms with van der Waals surface area (Å²) in [6, 6.07) is 7.97. The molecular weight excluding hydrogens is 433 g/mol. The van der Waals surface area contributed by atoms with Gasteiger partial charge in [0.1, 0.15) is 23.7 Å². The molecule has 1 saturated heterocycles. The predicted octanol–water partition coefficient (Wildman–Crippen LogP) is 4.28. The van der Waals surface area contributed by atoms with Crippen molar-refractivity contribution in [2.24, 2.45) is 0 Å². The largest absolute Gasteiger partial charge is 0.496 e. The van der Waals surface area contributed by atoms with E-state index in [0.29, 0.717) is 29.3 Å². The van der Waals surface area contributed by atoms with E-state index in [1.54, 1.807) is 13.2 Å². The van der Waals surface area contributed by atoms with Crippen LogP contribution in [0, 0.1) is 5.82 Å². The SMILES string of the molecule is COc1cc2ncnc(Nc3ccc(F)c(Cl)c3)c2cc1CNC(=O)[C@H]1CCCCN1C. The molecule has 0 aliphatic carbocycles. The molecule has 1 amide bonds. The van der Waals surface area contributed by atoms with Crippen molar-refractivity contribution in [3.63, 3.8) is 0 Å². The summed E-state index contributed by atoms with van der Waals surface area (Å²) in [5.41, 5.74) is 2.08. The van der Waals surface area contributed by atoms with Gasteiger partial charge in [0.2, 0.25) is 5.91 Å². The molecular formula is C23H25ClFN5O2. The quantitative estimate of drug-likeness (QED) is 0.575. The molecule has 168 valence electrons. The minimum Gasteiger partial charge on any atom is -0.496 e. The summed E-state index contributed by atoms with van der Waals surface area (Å²) in [6.45, 7) is 1.25. The first-order valence-electron chi connectivity index (χ1n) is 10.5. The Morgan fingerprint density at radius 2 is 2.12 bits per heavy atom. The molecule has 2 heterocycles. The highest BCUT2D eigenvalue weighted by molar-refractivity contribution is 6.31. The number of ether oxygens (including phenoxy) is 1. The Morgan fingerprint density at radius 1 is 1.28 bits per heavy atom. The number of amides is 1. The van der Waals surface area contributed by atoms with Crippen LogP contribution >= 0.6 is 11.6 Å². The van der Waals surface area contributed by atoms with Crippen molar-refractivity contribution in [1.82, 2.24) is 20.2 Å². The van der Waals surface area contributed by atoms with Gasteiger partial charge in [-0.05, 0) is 50.7 Å². The number of nitrogens with one attached hydrogen (secondary N) is 2. The number of halogens is 2. The summed E-state index contributed by atoms with van der Waals surface area (Å²) < 4.78 is 19.0. The Balaban J connectivity index is 1.60. The third kappa shape index (κ3) is 4.76. The highest BCUT2D eigenvalue weighted by Crippen LogP contribution is 2.30. The number of likely N-dealkylation sites (tertiary alicyclic amines) is 1. The molecule has 0 bridgehead atoms. The lowest BCUT2D eigenvalue weighted by molar-refractivity contribution is -0.127. The van der Waals surface area contributed by atoms with Gasteiger partial charge in [-0.3, -0.25) is 9.69 Å². The highest BCUT2D eigenvalue weighted by Gasteiger charge is 2.25. The maximum absolute atomic E-state index is 13.5. The molecule has 9 heteroatoms. The minimum atomic E-state index is -0.490. The lowest BCUT2D eigenvalue weighted by Crippen LogP contribution is -2.47. The van der Waals surface area contributed by atoms with Gasteiger partial charge in [-0.15, -0.1) is 0 Å². The Hall–Kier alpha value is -2.97. The molecule has 1 aliphatic rings. The van der Waals surface area contributed by atoms with Crippen LogP contribution in [0.5, 0.6) is 5.75 Å². The fraction of sp³-hybridized carbons (Fsp3) is 0.348.